The molecule has 0 bridgehead atoms. The molecule has 24 heavy (non-hydrogen) atoms. The zero-order valence-corrected chi connectivity index (χ0v) is 14.9. The van der Waals surface area contributed by atoms with E-state index >= 15 is 0 Å². The number of piperidine rings is 1. The molecule has 2 amide bonds. The summed E-state index contributed by atoms with van der Waals surface area (Å²) in [6.07, 6.45) is 5.88. The number of likely N-dealkylation sites (tertiary alicyclic amines) is 1. The largest absolute Gasteiger partial charge is 0.335 e. The molecule has 1 atom stereocenters. The molecule has 0 saturated carbocycles. The van der Waals surface area contributed by atoms with E-state index < -0.39 is 0 Å². The fraction of sp³-hybridized carbons (Fsp3) is 0.444. The first kappa shape index (κ1) is 16.8. The number of urea groups is 1. The molecule has 1 aliphatic heterocycles. The first-order valence-electron chi connectivity index (χ1n) is 8.42. The molecule has 1 aromatic carbocycles. The summed E-state index contributed by atoms with van der Waals surface area (Å²) in [5.41, 5.74) is 1.66. The van der Waals surface area contributed by atoms with Crippen molar-refractivity contribution in [2.75, 3.05) is 18.4 Å². The summed E-state index contributed by atoms with van der Waals surface area (Å²) < 4.78 is 2.16. The molecule has 1 fully saturated rings. The van der Waals surface area contributed by atoms with E-state index in [0.29, 0.717) is 17.3 Å². The minimum Gasteiger partial charge on any atom is -0.335 e. The van der Waals surface area contributed by atoms with E-state index in [1.807, 2.05) is 36.4 Å². The van der Waals surface area contributed by atoms with E-state index in [1.54, 1.807) is 6.07 Å². The number of para-hydroxylation sites is 1. The Morgan fingerprint density at radius 3 is 3.04 bits per heavy atom. The van der Waals surface area contributed by atoms with Gasteiger partial charge in [-0.1, -0.05) is 23.7 Å². The van der Waals surface area contributed by atoms with Crippen LogP contribution in [-0.4, -0.2) is 33.6 Å². The molecule has 0 unspecified atom stereocenters. The highest BCUT2D eigenvalue weighted by atomic mass is 35.5. The number of imidazole rings is 1. The molecule has 0 spiro atoms. The monoisotopic (exact) mass is 346 g/mol. The molecule has 0 aliphatic carbocycles. The van der Waals surface area contributed by atoms with Gasteiger partial charge in [0.25, 0.3) is 0 Å². The Balaban J connectivity index is 1.71. The summed E-state index contributed by atoms with van der Waals surface area (Å²) in [4.78, 5) is 19.0. The molecular weight excluding hydrogens is 324 g/mol. The number of nitrogens with one attached hydrogen (secondary N) is 1. The van der Waals surface area contributed by atoms with Crippen molar-refractivity contribution in [1.29, 1.82) is 0 Å². The minimum absolute atomic E-state index is 0.0921. The third-order valence-corrected chi connectivity index (χ3v) is 4.93. The van der Waals surface area contributed by atoms with Gasteiger partial charge in [0, 0.05) is 37.9 Å². The number of rotatable bonds is 3. The predicted molar refractivity (Wildman–Crippen MR) is 96.7 cm³/mol. The average molecular weight is 347 g/mol. The van der Waals surface area contributed by atoms with Gasteiger partial charge < -0.3 is 14.8 Å². The third kappa shape index (κ3) is 3.41. The van der Waals surface area contributed by atoms with E-state index in [-0.39, 0.29) is 11.9 Å². The second-order valence-electron chi connectivity index (χ2n) is 6.22. The van der Waals surface area contributed by atoms with Crippen LogP contribution in [0.2, 0.25) is 5.02 Å². The highest BCUT2D eigenvalue weighted by Gasteiger charge is 2.27. The van der Waals surface area contributed by atoms with Crippen LogP contribution in [0.5, 0.6) is 0 Å². The lowest BCUT2D eigenvalue weighted by atomic mass is 9.97. The van der Waals surface area contributed by atoms with Crippen LogP contribution in [0.25, 0.3) is 0 Å². The number of carbonyl (C=O) groups excluding carboxylic acids is 1. The van der Waals surface area contributed by atoms with Crippen LogP contribution in [0.1, 0.15) is 37.1 Å². The maximum absolute atomic E-state index is 12.7. The molecule has 1 saturated heterocycles. The van der Waals surface area contributed by atoms with Crippen molar-refractivity contribution in [3.63, 3.8) is 0 Å². The van der Waals surface area contributed by atoms with Crippen LogP contribution in [0.15, 0.2) is 30.6 Å². The molecule has 1 N–H and O–H groups in total. The predicted octanol–water partition coefficient (Wildman–Crippen LogP) is 4.28. The van der Waals surface area contributed by atoms with E-state index in [4.69, 9.17) is 11.6 Å². The summed E-state index contributed by atoms with van der Waals surface area (Å²) >= 11 is 6.22. The number of aromatic nitrogens is 2. The average Bonchev–Trinajstić information content (AvgIpc) is 3.07. The lowest BCUT2D eigenvalue weighted by Crippen LogP contribution is -2.42. The maximum Gasteiger partial charge on any atom is 0.321 e. The number of benzene rings is 1. The highest BCUT2D eigenvalue weighted by Crippen LogP contribution is 2.28. The number of hydrogen-bond acceptors (Lipinski definition) is 2. The van der Waals surface area contributed by atoms with Gasteiger partial charge in [0.2, 0.25) is 0 Å². The summed E-state index contributed by atoms with van der Waals surface area (Å²) in [5, 5.41) is 3.54. The lowest BCUT2D eigenvalue weighted by Gasteiger charge is -2.33. The summed E-state index contributed by atoms with van der Waals surface area (Å²) in [6.45, 7) is 6.40. The first-order valence-corrected chi connectivity index (χ1v) is 8.80. The number of anilines is 1. The second-order valence-corrected chi connectivity index (χ2v) is 6.63. The van der Waals surface area contributed by atoms with Crippen LogP contribution in [0.3, 0.4) is 0 Å². The zero-order chi connectivity index (χ0) is 17.1. The number of hydrogen-bond donors (Lipinski definition) is 1. The second kappa shape index (κ2) is 7.26. The Bertz CT molecular complexity index is 707. The fourth-order valence-electron chi connectivity index (χ4n) is 3.30. The minimum atomic E-state index is -0.0921. The van der Waals surface area contributed by atoms with Gasteiger partial charge in [-0.25, -0.2) is 9.78 Å². The van der Waals surface area contributed by atoms with Crippen molar-refractivity contribution in [1.82, 2.24) is 14.5 Å². The molecular formula is C18H23ClN4O. The Kier molecular flexibility index (Phi) is 5.09. The molecule has 1 aliphatic rings. The SMILES string of the molecule is CCn1ccnc1[C@H]1CCCN(C(=O)Nc2c(C)cccc2Cl)C1. The Morgan fingerprint density at radius 2 is 2.29 bits per heavy atom. The van der Waals surface area contributed by atoms with Gasteiger partial charge in [-0.3, -0.25) is 0 Å². The summed E-state index contributed by atoms with van der Waals surface area (Å²) in [6, 6.07) is 5.53. The van der Waals surface area contributed by atoms with Gasteiger partial charge in [-0.05, 0) is 38.3 Å². The van der Waals surface area contributed by atoms with Crippen molar-refractivity contribution in [3.8, 4) is 0 Å². The Morgan fingerprint density at radius 1 is 1.46 bits per heavy atom. The van der Waals surface area contributed by atoms with Gasteiger partial charge in [-0.2, -0.15) is 0 Å². The number of aryl methyl sites for hydroxylation is 2. The van der Waals surface area contributed by atoms with Crippen molar-refractivity contribution in [3.05, 3.63) is 47.0 Å². The molecule has 0 radical (unpaired) electrons. The summed E-state index contributed by atoms with van der Waals surface area (Å²) in [5.74, 6) is 1.36. The molecule has 128 valence electrons. The molecule has 3 rings (SSSR count). The zero-order valence-electron chi connectivity index (χ0n) is 14.1. The van der Waals surface area contributed by atoms with Crippen LogP contribution < -0.4 is 5.32 Å². The number of halogens is 1. The molecule has 5 nitrogen and oxygen atoms in total. The Labute approximate surface area is 147 Å². The standard InChI is InChI=1S/C18H23ClN4O/c1-3-22-11-9-20-17(22)14-7-5-10-23(12-14)18(24)21-16-13(2)6-4-8-15(16)19/h4,6,8-9,11,14H,3,5,7,10,12H2,1-2H3,(H,21,24)/t14-/m0/s1. The number of carbonyl (C=O) groups is 1. The molecule has 2 heterocycles. The topological polar surface area (TPSA) is 50.2 Å². The normalized spacial score (nSPS) is 17.8. The van der Waals surface area contributed by atoms with Crippen molar-refractivity contribution in [2.45, 2.75) is 39.2 Å². The number of amides is 2. The van der Waals surface area contributed by atoms with Crippen LogP contribution in [-0.2, 0) is 6.54 Å². The maximum atomic E-state index is 12.7. The van der Waals surface area contributed by atoms with Crippen LogP contribution in [0.4, 0.5) is 10.5 Å². The molecule has 1 aromatic heterocycles. The van der Waals surface area contributed by atoms with Gasteiger partial charge in [0.1, 0.15) is 5.82 Å². The quantitative estimate of drug-likeness (QED) is 0.901. The van der Waals surface area contributed by atoms with Crippen LogP contribution in [0, 0.1) is 6.92 Å². The fourth-order valence-corrected chi connectivity index (χ4v) is 3.57. The van der Waals surface area contributed by atoms with Gasteiger partial charge in [-0.15, -0.1) is 0 Å². The first-order chi connectivity index (χ1) is 11.6. The lowest BCUT2D eigenvalue weighted by molar-refractivity contribution is 0.190. The van der Waals surface area contributed by atoms with Crippen molar-refractivity contribution >= 4 is 23.3 Å². The van der Waals surface area contributed by atoms with Gasteiger partial charge in [0.05, 0.1) is 10.7 Å². The highest BCUT2D eigenvalue weighted by molar-refractivity contribution is 6.33. The molecule has 2 aromatic rings. The van der Waals surface area contributed by atoms with Crippen molar-refractivity contribution < 1.29 is 4.79 Å². The van der Waals surface area contributed by atoms with E-state index in [2.05, 4.69) is 21.8 Å². The van der Waals surface area contributed by atoms with Crippen LogP contribution >= 0.6 is 11.6 Å². The van der Waals surface area contributed by atoms with Gasteiger partial charge >= 0.3 is 6.03 Å². The molecule has 6 heteroatoms. The number of nitrogens with zero attached hydrogens (tertiary/aromatic N) is 3. The van der Waals surface area contributed by atoms with Gasteiger partial charge in [0.15, 0.2) is 0 Å². The van der Waals surface area contributed by atoms with E-state index in [1.165, 1.54) is 0 Å². The van der Waals surface area contributed by atoms with E-state index in [9.17, 15) is 4.79 Å². The van der Waals surface area contributed by atoms with E-state index in [0.717, 1.165) is 37.3 Å². The Hall–Kier alpha value is -2.01. The van der Waals surface area contributed by atoms with Crippen molar-refractivity contribution in [2.24, 2.45) is 0 Å². The third-order valence-electron chi connectivity index (χ3n) is 4.62. The summed E-state index contributed by atoms with van der Waals surface area (Å²) in [7, 11) is 0. The smallest absolute Gasteiger partial charge is 0.321 e.